The predicted octanol–water partition coefficient (Wildman–Crippen LogP) is 2.78. The molecule has 2 aromatic rings. The fourth-order valence-electron chi connectivity index (χ4n) is 1.58. The molecule has 2 rings (SSSR count). The van der Waals surface area contributed by atoms with Gasteiger partial charge in [0.05, 0.1) is 7.11 Å². The van der Waals surface area contributed by atoms with Gasteiger partial charge in [-0.3, -0.25) is 0 Å². The number of nitrogen functional groups attached to an aromatic ring is 1. The van der Waals surface area contributed by atoms with Crippen LogP contribution in [-0.4, -0.2) is 17.1 Å². The van der Waals surface area contributed by atoms with E-state index in [1.807, 2.05) is 31.2 Å². The topological polar surface area (TPSA) is 61.0 Å². The van der Waals surface area contributed by atoms with Gasteiger partial charge in [-0.05, 0) is 30.7 Å². The summed E-state index contributed by atoms with van der Waals surface area (Å²) in [4.78, 5) is 9.40. The number of hydrogen-bond donors (Lipinski definition) is 1. The van der Waals surface area contributed by atoms with Crippen molar-refractivity contribution in [1.29, 1.82) is 0 Å². The van der Waals surface area contributed by atoms with Gasteiger partial charge in [0.25, 0.3) is 0 Å². The van der Waals surface area contributed by atoms with E-state index in [0.29, 0.717) is 5.82 Å². The summed E-state index contributed by atoms with van der Waals surface area (Å²) in [7, 11) is 1.66. The zero-order valence-corrected chi connectivity index (χ0v) is 11.2. The summed E-state index contributed by atoms with van der Waals surface area (Å²) in [5, 5.41) is 0.912. The van der Waals surface area contributed by atoms with Crippen molar-refractivity contribution in [1.82, 2.24) is 9.97 Å². The molecule has 0 spiro atoms. The maximum absolute atomic E-state index is 5.85. The predicted molar refractivity (Wildman–Crippen MR) is 72.9 cm³/mol. The van der Waals surface area contributed by atoms with Gasteiger partial charge in [0, 0.05) is 10.5 Å². The van der Waals surface area contributed by atoms with Crippen molar-refractivity contribution >= 4 is 17.6 Å². The molecule has 5 heteroatoms. The molecule has 18 heavy (non-hydrogen) atoms. The van der Waals surface area contributed by atoms with Gasteiger partial charge in [0.15, 0.2) is 0 Å². The minimum absolute atomic E-state index is 0.559. The van der Waals surface area contributed by atoms with E-state index in [4.69, 9.17) is 10.5 Å². The van der Waals surface area contributed by atoms with Crippen molar-refractivity contribution < 1.29 is 4.74 Å². The van der Waals surface area contributed by atoms with E-state index in [-0.39, 0.29) is 0 Å². The lowest BCUT2D eigenvalue weighted by molar-refractivity contribution is 0.414. The Morgan fingerprint density at radius 3 is 2.56 bits per heavy atom. The van der Waals surface area contributed by atoms with Gasteiger partial charge in [0.2, 0.25) is 0 Å². The molecule has 1 heterocycles. The van der Waals surface area contributed by atoms with E-state index in [9.17, 15) is 0 Å². The van der Waals surface area contributed by atoms with Crippen LogP contribution >= 0.6 is 11.8 Å². The highest BCUT2D eigenvalue weighted by Gasteiger charge is 2.08. The lowest BCUT2D eigenvalue weighted by atomic mass is 10.2. The molecule has 0 aliphatic heterocycles. The number of rotatable bonds is 4. The Morgan fingerprint density at radius 2 is 1.94 bits per heavy atom. The molecule has 0 aliphatic carbocycles. The average Bonchev–Trinajstić information content (AvgIpc) is 2.40. The zero-order chi connectivity index (χ0) is 13.0. The Balaban J connectivity index is 2.25. The van der Waals surface area contributed by atoms with Gasteiger partial charge in [-0.15, -0.1) is 0 Å². The second kappa shape index (κ2) is 5.73. The van der Waals surface area contributed by atoms with E-state index in [1.54, 1.807) is 18.9 Å². The summed E-state index contributed by atoms with van der Waals surface area (Å²) in [5.41, 5.74) is 6.85. The fourth-order valence-corrected chi connectivity index (χ4v) is 2.55. The van der Waals surface area contributed by atoms with Crippen LogP contribution in [0.25, 0.3) is 0 Å². The normalized spacial score (nSPS) is 10.3. The first kappa shape index (κ1) is 12.7. The second-order valence-corrected chi connectivity index (χ2v) is 4.74. The van der Waals surface area contributed by atoms with Crippen LogP contribution in [0.3, 0.4) is 0 Å². The molecular weight excluding hydrogens is 246 g/mol. The SMILES string of the molecule is CCc1c(N)ncnc1Sc1ccc(OC)cc1. The third kappa shape index (κ3) is 2.73. The van der Waals surface area contributed by atoms with Crippen LogP contribution in [-0.2, 0) is 6.42 Å². The first-order valence-corrected chi connectivity index (χ1v) is 6.47. The summed E-state index contributed by atoms with van der Waals surface area (Å²) in [6, 6.07) is 7.86. The molecule has 1 aromatic heterocycles. The number of nitrogens with zero attached hydrogens (tertiary/aromatic N) is 2. The Hall–Kier alpha value is -1.75. The second-order valence-electron chi connectivity index (χ2n) is 3.67. The van der Waals surface area contributed by atoms with Crippen LogP contribution in [0.5, 0.6) is 5.75 Å². The number of hydrogen-bond acceptors (Lipinski definition) is 5. The Kier molecular flexibility index (Phi) is 4.04. The standard InChI is InChI=1S/C13H15N3OS/c1-3-11-12(14)15-8-16-13(11)18-10-6-4-9(17-2)5-7-10/h4-8H,3H2,1-2H3,(H2,14,15,16). The summed E-state index contributed by atoms with van der Waals surface area (Å²) in [6.07, 6.45) is 2.32. The molecule has 2 N–H and O–H groups in total. The Bertz CT molecular complexity index is 528. The van der Waals surface area contributed by atoms with E-state index < -0.39 is 0 Å². The van der Waals surface area contributed by atoms with Crippen LogP contribution < -0.4 is 10.5 Å². The number of methoxy groups -OCH3 is 1. The third-order valence-electron chi connectivity index (χ3n) is 2.57. The molecule has 1 aromatic carbocycles. The lowest BCUT2D eigenvalue weighted by Gasteiger charge is -2.08. The molecule has 0 atom stereocenters. The molecule has 4 nitrogen and oxygen atoms in total. The molecule has 94 valence electrons. The number of nitrogens with two attached hydrogens (primary N) is 1. The average molecular weight is 261 g/mol. The van der Waals surface area contributed by atoms with Crippen molar-refractivity contribution in [3.05, 3.63) is 36.2 Å². The number of aromatic nitrogens is 2. The summed E-state index contributed by atoms with van der Waals surface area (Å²) in [6.45, 7) is 2.05. The smallest absolute Gasteiger partial charge is 0.131 e. The molecular formula is C13H15N3OS. The number of benzene rings is 1. The van der Waals surface area contributed by atoms with Crippen molar-refractivity contribution in [2.24, 2.45) is 0 Å². The quantitative estimate of drug-likeness (QED) is 0.857. The molecule has 0 radical (unpaired) electrons. The van der Waals surface area contributed by atoms with Crippen LogP contribution in [0, 0.1) is 0 Å². The molecule has 0 unspecified atom stereocenters. The van der Waals surface area contributed by atoms with E-state index in [2.05, 4.69) is 9.97 Å². The maximum atomic E-state index is 5.85. The molecule has 0 saturated heterocycles. The van der Waals surface area contributed by atoms with Gasteiger partial charge in [-0.1, -0.05) is 18.7 Å². The van der Waals surface area contributed by atoms with Crippen LogP contribution in [0.1, 0.15) is 12.5 Å². The Morgan fingerprint density at radius 1 is 1.22 bits per heavy atom. The number of anilines is 1. The van der Waals surface area contributed by atoms with Crippen LogP contribution in [0.4, 0.5) is 5.82 Å². The van der Waals surface area contributed by atoms with E-state index in [0.717, 1.165) is 27.7 Å². The molecule has 0 saturated carbocycles. The van der Waals surface area contributed by atoms with E-state index >= 15 is 0 Å². The molecule has 0 aliphatic rings. The van der Waals surface area contributed by atoms with Crippen molar-refractivity contribution in [3.63, 3.8) is 0 Å². The van der Waals surface area contributed by atoms with Gasteiger partial charge in [-0.2, -0.15) is 0 Å². The third-order valence-corrected chi connectivity index (χ3v) is 3.62. The summed E-state index contributed by atoms with van der Waals surface area (Å²) >= 11 is 1.59. The lowest BCUT2D eigenvalue weighted by Crippen LogP contribution is -2.00. The monoisotopic (exact) mass is 261 g/mol. The molecule has 0 fully saturated rings. The minimum atomic E-state index is 0.559. The van der Waals surface area contributed by atoms with E-state index in [1.165, 1.54) is 6.33 Å². The van der Waals surface area contributed by atoms with Gasteiger partial charge in [0.1, 0.15) is 22.9 Å². The number of ether oxygens (including phenoxy) is 1. The fraction of sp³-hybridized carbons (Fsp3) is 0.231. The molecule has 0 amide bonds. The summed E-state index contributed by atoms with van der Waals surface area (Å²) < 4.78 is 5.13. The molecule has 0 bridgehead atoms. The highest BCUT2D eigenvalue weighted by molar-refractivity contribution is 7.99. The van der Waals surface area contributed by atoms with Gasteiger partial charge < -0.3 is 10.5 Å². The van der Waals surface area contributed by atoms with Crippen molar-refractivity contribution in [2.45, 2.75) is 23.3 Å². The van der Waals surface area contributed by atoms with Crippen molar-refractivity contribution in [3.8, 4) is 5.75 Å². The van der Waals surface area contributed by atoms with Crippen molar-refractivity contribution in [2.75, 3.05) is 12.8 Å². The minimum Gasteiger partial charge on any atom is -0.497 e. The van der Waals surface area contributed by atoms with Gasteiger partial charge >= 0.3 is 0 Å². The highest BCUT2D eigenvalue weighted by atomic mass is 32.2. The first-order chi connectivity index (χ1) is 8.74. The van der Waals surface area contributed by atoms with Crippen LogP contribution in [0.2, 0.25) is 0 Å². The van der Waals surface area contributed by atoms with Gasteiger partial charge in [-0.25, -0.2) is 9.97 Å². The summed E-state index contributed by atoms with van der Waals surface area (Å²) in [5.74, 6) is 1.40. The maximum Gasteiger partial charge on any atom is 0.131 e. The first-order valence-electron chi connectivity index (χ1n) is 5.65. The largest absolute Gasteiger partial charge is 0.497 e. The highest BCUT2D eigenvalue weighted by Crippen LogP contribution is 2.31. The van der Waals surface area contributed by atoms with Crippen LogP contribution in [0.15, 0.2) is 40.5 Å². The zero-order valence-electron chi connectivity index (χ0n) is 10.4. The Labute approximate surface area is 111 Å².